The third-order valence-electron chi connectivity index (χ3n) is 2.82. The lowest BCUT2D eigenvalue weighted by Gasteiger charge is -2.31. The summed E-state index contributed by atoms with van der Waals surface area (Å²) >= 11 is 0. The van der Waals surface area contributed by atoms with Crippen molar-refractivity contribution in [2.75, 3.05) is 13.1 Å². The molecule has 1 fully saturated rings. The van der Waals surface area contributed by atoms with E-state index in [4.69, 9.17) is 9.84 Å². The molecule has 7 nitrogen and oxygen atoms in total. The second-order valence-electron chi connectivity index (χ2n) is 5.67. The average molecular weight is 273 g/mol. The SMILES string of the molecule is CC(C)(C)OC(=O)N[N@+]1(CCC(=O)O)CCCC1=O. The van der Waals surface area contributed by atoms with Crippen LogP contribution >= 0.6 is 0 Å². The van der Waals surface area contributed by atoms with Gasteiger partial charge in [0, 0.05) is 6.42 Å². The Kier molecular flexibility index (Phi) is 4.52. The van der Waals surface area contributed by atoms with Crippen molar-refractivity contribution >= 4 is 18.0 Å². The summed E-state index contributed by atoms with van der Waals surface area (Å²) in [6, 6.07) is 0. The van der Waals surface area contributed by atoms with E-state index in [9.17, 15) is 14.4 Å². The van der Waals surface area contributed by atoms with E-state index in [0.717, 1.165) is 0 Å². The number of carboxylic acids is 1. The quantitative estimate of drug-likeness (QED) is 0.746. The van der Waals surface area contributed by atoms with Crippen LogP contribution < -0.4 is 5.43 Å². The Morgan fingerprint density at radius 1 is 1.42 bits per heavy atom. The van der Waals surface area contributed by atoms with Crippen LogP contribution in [0.1, 0.15) is 40.0 Å². The Morgan fingerprint density at radius 2 is 2.05 bits per heavy atom. The van der Waals surface area contributed by atoms with Crippen molar-refractivity contribution in [1.29, 1.82) is 0 Å². The number of carbonyl (C=O) groups is 3. The molecule has 19 heavy (non-hydrogen) atoms. The number of likely N-dealkylation sites (tertiary alicyclic amines) is 1. The number of amides is 2. The Balaban J connectivity index is 2.73. The lowest BCUT2D eigenvalue weighted by atomic mass is 10.2. The molecular formula is C12H21N2O5+. The maximum absolute atomic E-state index is 11.9. The molecule has 1 saturated heterocycles. The highest BCUT2D eigenvalue weighted by atomic mass is 16.6. The molecule has 0 aromatic carbocycles. The van der Waals surface area contributed by atoms with Gasteiger partial charge in [-0.1, -0.05) is 0 Å². The van der Waals surface area contributed by atoms with Crippen LogP contribution in [-0.2, 0) is 14.3 Å². The van der Waals surface area contributed by atoms with Gasteiger partial charge in [0.15, 0.2) is 0 Å². The van der Waals surface area contributed by atoms with Crippen LogP contribution in [0.3, 0.4) is 0 Å². The standard InChI is InChI=1S/C12H20N2O5/c1-12(2,3)19-11(18)13-14(8-6-10(16)17)7-4-5-9(14)15/h4-8H2,1-3H3,(H-,13,16,17,18)/p+1/t14-/m0/s1. The molecule has 1 atom stereocenters. The summed E-state index contributed by atoms with van der Waals surface area (Å²) in [7, 11) is 0. The number of ether oxygens (including phenoxy) is 1. The second kappa shape index (κ2) is 5.56. The minimum atomic E-state index is -0.997. The van der Waals surface area contributed by atoms with Gasteiger partial charge in [-0.15, -0.1) is 0 Å². The predicted molar refractivity (Wildman–Crippen MR) is 65.9 cm³/mol. The van der Waals surface area contributed by atoms with Crippen molar-refractivity contribution in [2.45, 2.75) is 45.6 Å². The molecule has 0 aromatic heterocycles. The minimum Gasteiger partial charge on any atom is -0.481 e. The lowest BCUT2D eigenvalue weighted by molar-refractivity contribution is -0.882. The summed E-state index contributed by atoms with van der Waals surface area (Å²) in [5, 5.41) is 8.73. The third-order valence-corrected chi connectivity index (χ3v) is 2.82. The molecular weight excluding hydrogens is 252 g/mol. The molecule has 7 heteroatoms. The third kappa shape index (κ3) is 4.51. The first-order chi connectivity index (χ1) is 8.65. The van der Waals surface area contributed by atoms with Gasteiger partial charge >= 0.3 is 18.0 Å². The Morgan fingerprint density at radius 3 is 2.47 bits per heavy atom. The molecule has 0 unspecified atom stereocenters. The summed E-state index contributed by atoms with van der Waals surface area (Å²) < 4.78 is 4.78. The lowest BCUT2D eigenvalue weighted by Crippen LogP contribution is -2.62. The van der Waals surface area contributed by atoms with E-state index in [1.807, 2.05) is 0 Å². The van der Waals surface area contributed by atoms with E-state index in [-0.39, 0.29) is 23.5 Å². The number of rotatable bonds is 4. The topological polar surface area (TPSA) is 92.7 Å². The van der Waals surface area contributed by atoms with Crippen LogP contribution in [0.5, 0.6) is 0 Å². The number of hydrogen-bond acceptors (Lipinski definition) is 4. The van der Waals surface area contributed by atoms with E-state index in [0.29, 0.717) is 19.4 Å². The molecule has 0 saturated carbocycles. The van der Waals surface area contributed by atoms with Crippen molar-refractivity contribution in [3.05, 3.63) is 0 Å². The first kappa shape index (κ1) is 15.4. The summed E-state index contributed by atoms with van der Waals surface area (Å²) in [6.07, 6.45) is 0.0960. The fourth-order valence-corrected chi connectivity index (χ4v) is 2.01. The Bertz CT molecular complexity index is 388. The predicted octanol–water partition coefficient (Wildman–Crippen LogP) is 1.04. The van der Waals surface area contributed by atoms with E-state index in [1.54, 1.807) is 20.8 Å². The van der Waals surface area contributed by atoms with Gasteiger partial charge in [-0.05, 0) is 20.8 Å². The molecule has 108 valence electrons. The van der Waals surface area contributed by atoms with Crippen molar-refractivity contribution in [3.8, 4) is 0 Å². The number of carboxylic acid groups (broad SMARTS) is 1. The molecule has 0 aromatic rings. The first-order valence-corrected chi connectivity index (χ1v) is 6.28. The van der Waals surface area contributed by atoms with Crippen LogP contribution in [0.2, 0.25) is 0 Å². The Hall–Kier alpha value is -1.63. The molecule has 0 bridgehead atoms. The summed E-state index contributed by atoms with van der Waals surface area (Å²) in [6.45, 7) is 5.62. The highest BCUT2D eigenvalue weighted by Crippen LogP contribution is 2.20. The molecule has 1 aliphatic heterocycles. The maximum Gasteiger partial charge on any atom is 0.452 e. The zero-order valence-electron chi connectivity index (χ0n) is 11.6. The van der Waals surface area contributed by atoms with E-state index in [2.05, 4.69) is 5.43 Å². The van der Waals surface area contributed by atoms with Crippen LogP contribution in [0.25, 0.3) is 0 Å². The van der Waals surface area contributed by atoms with Crippen LogP contribution in [0.4, 0.5) is 4.79 Å². The average Bonchev–Trinajstić information content (AvgIpc) is 2.55. The summed E-state index contributed by atoms with van der Waals surface area (Å²) in [5.41, 5.74) is 1.85. The highest BCUT2D eigenvalue weighted by molar-refractivity contribution is 5.74. The molecule has 1 heterocycles. The number of quaternary nitrogens is 1. The summed E-state index contributed by atoms with van der Waals surface area (Å²) in [5.74, 6) is -1.17. The molecule has 2 amide bonds. The van der Waals surface area contributed by atoms with Crippen molar-refractivity contribution < 1.29 is 28.8 Å². The van der Waals surface area contributed by atoms with Gasteiger partial charge in [-0.25, -0.2) is 9.59 Å². The monoisotopic (exact) mass is 273 g/mol. The van der Waals surface area contributed by atoms with Crippen molar-refractivity contribution in [1.82, 2.24) is 5.43 Å². The van der Waals surface area contributed by atoms with Crippen molar-refractivity contribution in [3.63, 3.8) is 0 Å². The van der Waals surface area contributed by atoms with Gasteiger partial charge in [0.1, 0.15) is 18.7 Å². The molecule has 1 rings (SSSR count). The number of carbonyl (C=O) groups excluding carboxylic acids is 2. The number of nitrogens with one attached hydrogen (secondary N) is 1. The highest BCUT2D eigenvalue weighted by Gasteiger charge is 2.44. The van der Waals surface area contributed by atoms with Gasteiger partial charge in [-0.2, -0.15) is 10.0 Å². The number of aliphatic carboxylic acids is 1. The molecule has 0 radical (unpaired) electrons. The molecule has 0 spiro atoms. The molecule has 2 N–H and O–H groups in total. The van der Waals surface area contributed by atoms with Crippen LogP contribution in [-0.4, -0.2) is 46.4 Å². The largest absolute Gasteiger partial charge is 0.481 e. The van der Waals surface area contributed by atoms with Gasteiger partial charge in [0.05, 0.1) is 12.8 Å². The summed E-state index contributed by atoms with van der Waals surface area (Å²) in [4.78, 5) is 34.3. The number of nitrogens with zero attached hydrogens (tertiary/aromatic N) is 1. The fourth-order valence-electron chi connectivity index (χ4n) is 2.01. The van der Waals surface area contributed by atoms with Gasteiger partial charge in [0.2, 0.25) is 0 Å². The minimum absolute atomic E-state index is 0.0490. The van der Waals surface area contributed by atoms with Crippen molar-refractivity contribution in [2.24, 2.45) is 0 Å². The van der Waals surface area contributed by atoms with Crippen LogP contribution in [0, 0.1) is 0 Å². The second-order valence-corrected chi connectivity index (χ2v) is 5.67. The van der Waals surface area contributed by atoms with Gasteiger partial charge in [-0.3, -0.25) is 4.79 Å². The number of hydrogen-bond donors (Lipinski definition) is 2. The van der Waals surface area contributed by atoms with E-state index >= 15 is 0 Å². The molecule has 0 aliphatic carbocycles. The van der Waals surface area contributed by atoms with Crippen LogP contribution in [0.15, 0.2) is 0 Å². The first-order valence-electron chi connectivity index (χ1n) is 6.28. The van der Waals surface area contributed by atoms with Gasteiger partial charge < -0.3 is 9.84 Å². The smallest absolute Gasteiger partial charge is 0.452 e. The maximum atomic E-state index is 11.9. The van der Waals surface area contributed by atoms with Gasteiger partial charge in [0.25, 0.3) is 0 Å². The normalized spacial score (nSPS) is 23.2. The van der Waals surface area contributed by atoms with E-state index < -0.39 is 17.7 Å². The fraction of sp³-hybridized carbons (Fsp3) is 0.750. The zero-order chi connectivity index (χ0) is 14.7. The molecule has 1 aliphatic rings. The van der Waals surface area contributed by atoms with E-state index in [1.165, 1.54) is 0 Å². The zero-order valence-corrected chi connectivity index (χ0v) is 11.6. The Labute approximate surface area is 112 Å².